The van der Waals surface area contributed by atoms with Crippen LogP contribution >= 0.6 is 0 Å². The summed E-state index contributed by atoms with van der Waals surface area (Å²) in [5.41, 5.74) is 3.22. The first kappa shape index (κ1) is 24.5. The summed E-state index contributed by atoms with van der Waals surface area (Å²) in [4.78, 5) is 23.8. The lowest BCUT2D eigenvalue weighted by atomic mass is 9.99. The third-order valence-corrected chi connectivity index (χ3v) is 6.21. The molecule has 35 heavy (non-hydrogen) atoms. The third-order valence-electron chi connectivity index (χ3n) is 6.21. The van der Waals surface area contributed by atoms with Crippen molar-refractivity contribution >= 4 is 23.5 Å². The summed E-state index contributed by atoms with van der Waals surface area (Å²) in [6, 6.07) is 9.63. The van der Waals surface area contributed by atoms with Crippen LogP contribution in [0.5, 0.6) is 0 Å². The van der Waals surface area contributed by atoms with E-state index in [0.29, 0.717) is 33.9 Å². The van der Waals surface area contributed by atoms with E-state index in [2.05, 4.69) is 20.6 Å². The average molecular weight is 482 g/mol. The fourth-order valence-electron chi connectivity index (χ4n) is 4.20. The number of para-hydroxylation sites is 1. The number of aryl methyl sites for hydroxylation is 3. The van der Waals surface area contributed by atoms with E-state index >= 15 is 0 Å². The highest BCUT2D eigenvalue weighted by Gasteiger charge is 2.35. The van der Waals surface area contributed by atoms with Gasteiger partial charge in [-0.25, -0.2) is 19.1 Å². The molecular weight excluding hydrogens is 453 g/mol. The van der Waals surface area contributed by atoms with Crippen molar-refractivity contribution in [3.63, 3.8) is 0 Å². The third kappa shape index (κ3) is 4.43. The molecule has 0 radical (unpaired) electrons. The molecule has 10 heteroatoms. The van der Waals surface area contributed by atoms with Crippen molar-refractivity contribution in [1.29, 1.82) is 0 Å². The number of anilines is 3. The molecule has 1 aliphatic heterocycles. The fourth-order valence-corrected chi connectivity index (χ4v) is 4.20. The summed E-state index contributed by atoms with van der Waals surface area (Å²) < 4.78 is 13.9. The highest BCUT2D eigenvalue weighted by atomic mass is 19.1. The van der Waals surface area contributed by atoms with Crippen LogP contribution in [0.2, 0.25) is 0 Å². The number of hydrogen-bond donors (Lipinski definition) is 5. The zero-order valence-electron chi connectivity index (χ0n) is 19.8. The first-order valence-corrected chi connectivity index (χ1v) is 11.2. The van der Waals surface area contributed by atoms with E-state index in [4.69, 9.17) is 0 Å². The Labute approximate surface area is 202 Å². The Morgan fingerprint density at radius 1 is 1.03 bits per heavy atom. The minimum atomic E-state index is -1.50. The number of aliphatic hydroxyl groups excluding tert-OH is 3. The maximum atomic E-state index is 13.9. The lowest BCUT2D eigenvalue weighted by Gasteiger charge is -2.34. The van der Waals surface area contributed by atoms with E-state index in [1.807, 2.05) is 32.0 Å². The van der Waals surface area contributed by atoms with Gasteiger partial charge >= 0.3 is 6.03 Å². The number of nitrogens with one attached hydrogen (secondary N) is 2. The van der Waals surface area contributed by atoms with Crippen LogP contribution in [0.3, 0.4) is 0 Å². The number of aromatic nitrogens is 2. The maximum absolute atomic E-state index is 13.9. The van der Waals surface area contributed by atoms with Crippen LogP contribution in [-0.2, 0) is 6.54 Å². The van der Waals surface area contributed by atoms with E-state index in [0.717, 1.165) is 11.1 Å². The van der Waals surface area contributed by atoms with Gasteiger partial charge in [0, 0.05) is 11.1 Å². The second-order valence-electron chi connectivity index (χ2n) is 8.77. The molecule has 5 N–H and O–H groups in total. The zero-order chi connectivity index (χ0) is 25.3. The maximum Gasteiger partial charge on any atom is 0.328 e. The second kappa shape index (κ2) is 9.57. The number of benzene rings is 2. The lowest BCUT2D eigenvalue weighted by Crippen LogP contribution is -2.50. The first-order chi connectivity index (χ1) is 16.7. The molecule has 0 atom stereocenters. The summed E-state index contributed by atoms with van der Waals surface area (Å²) in [7, 11) is 0. The van der Waals surface area contributed by atoms with Gasteiger partial charge in [0.05, 0.1) is 37.7 Å². The molecule has 0 saturated heterocycles. The van der Waals surface area contributed by atoms with Crippen LogP contribution in [0.1, 0.15) is 22.3 Å². The van der Waals surface area contributed by atoms with Crippen LogP contribution in [0.25, 0.3) is 11.3 Å². The van der Waals surface area contributed by atoms with Gasteiger partial charge in [-0.3, -0.25) is 0 Å². The molecule has 3 aromatic rings. The van der Waals surface area contributed by atoms with Crippen molar-refractivity contribution in [1.82, 2.24) is 15.3 Å². The van der Waals surface area contributed by atoms with E-state index in [9.17, 15) is 24.5 Å². The monoisotopic (exact) mass is 481 g/mol. The van der Waals surface area contributed by atoms with Crippen molar-refractivity contribution in [2.24, 2.45) is 0 Å². The summed E-state index contributed by atoms with van der Waals surface area (Å²) in [5, 5.41) is 35.2. The number of hydrogen-bond acceptors (Lipinski definition) is 7. The number of nitrogens with zero attached hydrogens (tertiary/aromatic N) is 3. The molecule has 0 fully saturated rings. The molecule has 2 heterocycles. The number of fused-ring (bicyclic) bond motifs is 1. The van der Waals surface area contributed by atoms with Crippen LogP contribution in [0, 0.1) is 26.6 Å². The topological polar surface area (TPSA) is 131 Å². The molecule has 0 spiro atoms. The van der Waals surface area contributed by atoms with Gasteiger partial charge in [0.2, 0.25) is 5.95 Å². The number of urea groups is 1. The standard InChI is InChI=1S/C25H28FN5O4/c1-14-5-4-6-15(2)21(14)31-22-19(10-27-24(31)35)20(18-8-7-17(26)9-16(18)3)28-23(29-22)30-25(11-32,12-33)13-34/h4-9,32-34H,10-13H2,1-3H3,(H,27,35)(H,28,29,30). The molecule has 4 rings (SSSR count). The van der Waals surface area contributed by atoms with Crippen molar-refractivity contribution in [2.75, 3.05) is 30.0 Å². The quantitative estimate of drug-likeness (QED) is 0.351. The number of carbonyl (C=O) groups excluding carboxylic acids is 1. The van der Waals surface area contributed by atoms with Crippen molar-refractivity contribution in [3.8, 4) is 11.3 Å². The van der Waals surface area contributed by atoms with Gasteiger partial charge in [-0.1, -0.05) is 18.2 Å². The Morgan fingerprint density at radius 2 is 1.69 bits per heavy atom. The number of amides is 2. The molecule has 1 aromatic heterocycles. The van der Waals surface area contributed by atoms with Gasteiger partial charge in [-0.05, 0) is 55.7 Å². The Balaban J connectivity index is 2.00. The van der Waals surface area contributed by atoms with Gasteiger partial charge in [-0.2, -0.15) is 4.98 Å². The predicted molar refractivity (Wildman–Crippen MR) is 130 cm³/mol. The van der Waals surface area contributed by atoms with Crippen LogP contribution in [0.4, 0.5) is 26.6 Å². The molecule has 0 bridgehead atoms. The van der Waals surface area contributed by atoms with Gasteiger partial charge < -0.3 is 26.0 Å². The SMILES string of the molecule is Cc1cc(F)ccc1-c1nc(NC(CO)(CO)CO)nc2c1CNC(=O)N2c1c(C)cccc1C. The smallest absolute Gasteiger partial charge is 0.328 e. The minimum absolute atomic E-state index is 0.00874. The van der Waals surface area contributed by atoms with Crippen LogP contribution in [0.15, 0.2) is 36.4 Å². The summed E-state index contributed by atoms with van der Waals surface area (Å²) in [5.74, 6) is -0.0894. The number of rotatable bonds is 7. The van der Waals surface area contributed by atoms with Crippen molar-refractivity contribution < 1.29 is 24.5 Å². The molecular formula is C25H28FN5O4. The second-order valence-corrected chi connectivity index (χ2v) is 8.77. The van der Waals surface area contributed by atoms with Gasteiger partial charge in [0.15, 0.2) is 5.82 Å². The molecule has 2 aromatic carbocycles. The molecule has 0 aliphatic carbocycles. The van der Waals surface area contributed by atoms with Gasteiger partial charge in [-0.15, -0.1) is 0 Å². The van der Waals surface area contributed by atoms with Gasteiger partial charge in [0.1, 0.15) is 11.4 Å². The highest BCUT2D eigenvalue weighted by molar-refractivity contribution is 6.03. The van der Waals surface area contributed by atoms with E-state index in [1.165, 1.54) is 17.0 Å². The van der Waals surface area contributed by atoms with E-state index in [1.54, 1.807) is 13.0 Å². The number of aliphatic hydroxyl groups is 3. The normalized spacial score (nSPS) is 13.5. The molecule has 0 unspecified atom stereocenters. The highest BCUT2D eigenvalue weighted by Crippen LogP contribution is 2.39. The van der Waals surface area contributed by atoms with Crippen LogP contribution < -0.4 is 15.5 Å². The first-order valence-electron chi connectivity index (χ1n) is 11.2. The summed E-state index contributed by atoms with van der Waals surface area (Å²) in [6.45, 7) is 3.91. The Hall–Kier alpha value is -3.60. The largest absolute Gasteiger partial charge is 0.394 e. The molecule has 2 amide bonds. The Morgan fingerprint density at radius 3 is 2.29 bits per heavy atom. The number of carbonyl (C=O) groups is 1. The minimum Gasteiger partial charge on any atom is -0.394 e. The molecule has 184 valence electrons. The van der Waals surface area contributed by atoms with Crippen molar-refractivity contribution in [2.45, 2.75) is 32.9 Å². The predicted octanol–water partition coefficient (Wildman–Crippen LogP) is 2.70. The molecule has 0 saturated carbocycles. The molecule has 9 nitrogen and oxygen atoms in total. The van der Waals surface area contributed by atoms with E-state index < -0.39 is 31.2 Å². The lowest BCUT2D eigenvalue weighted by molar-refractivity contribution is 0.0828. The summed E-state index contributed by atoms with van der Waals surface area (Å²) >= 11 is 0. The number of halogens is 1. The van der Waals surface area contributed by atoms with Crippen molar-refractivity contribution in [3.05, 3.63) is 64.5 Å². The van der Waals surface area contributed by atoms with E-state index in [-0.39, 0.29) is 18.5 Å². The van der Waals surface area contributed by atoms with Gasteiger partial charge in [0.25, 0.3) is 0 Å². The van der Waals surface area contributed by atoms with Crippen LogP contribution in [-0.4, -0.2) is 56.7 Å². The summed E-state index contributed by atoms with van der Waals surface area (Å²) in [6.07, 6.45) is 0. The fraction of sp³-hybridized carbons (Fsp3) is 0.320. The Bertz CT molecular complexity index is 1250. The average Bonchev–Trinajstić information content (AvgIpc) is 2.83. The Kier molecular flexibility index (Phi) is 6.70. The molecule has 1 aliphatic rings. The zero-order valence-corrected chi connectivity index (χ0v) is 19.8.